The Morgan fingerprint density at radius 2 is 1.79 bits per heavy atom. The minimum absolute atomic E-state index is 0.0167. The first-order chi connectivity index (χ1) is 20.7. The molecular weight excluding hydrogens is 579 g/mol. The number of aromatic nitrogens is 2. The number of nitrogens with one attached hydrogen (secondary N) is 2. The zero-order valence-electron chi connectivity index (χ0n) is 23.2. The highest BCUT2D eigenvalue weighted by atomic mass is 35.5. The van der Waals surface area contributed by atoms with Crippen LogP contribution < -0.4 is 15.5 Å². The Kier molecular flexibility index (Phi) is 9.59. The molecule has 1 fully saturated rings. The van der Waals surface area contributed by atoms with Gasteiger partial charge in [0.2, 0.25) is 0 Å². The molecule has 3 N–H and O–H groups in total. The summed E-state index contributed by atoms with van der Waals surface area (Å²) < 4.78 is 39.3. The smallest absolute Gasteiger partial charge is 0.374 e. The van der Waals surface area contributed by atoms with Gasteiger partial charge in [0.25, 0.3) is 5.91 Å². The van der Waals surface area contributed by atoms with Crippen LogP contribution in [0.3, 0.4) is 0 Å². The Hall–Kier alpha value is -3.99. The molecule has 7 nitrogen and oxygen atoms in total. The van der Waals surface area contributed by atoms with Crippen molar-refractivity contribution in [2.75, 3.05) is 23.3 Å². The molecule has 0 aliphatic carbocycles. The standard InChI is InChI=1S/C32H31ClF3N5O2/c33-19-24-8-5-9-28(39-24)31(43)40-27-11-10-25(41-14-2-1-3-15-41)18-26(27)29-17-22(12-13-37-29)30(42)38-20-21-6-4-7-23(16-21)32(34,35)36/h4-13,16-18,30,38,42H,1-3,14-15,19-20H2,(H,40,43). The molecule has 0 spiro atoms. The normalized spacial score (nSPS) is 14.4. The number of carbonyl (C=O) groups is 1. The summed E-state index contributed by atoms with van der Waals surface area (Å²) in [5, 5.41) is 16.7. The van der Waals surface area contributed by atoms with E-state index in [1.807, 2.05) is 18.2 Å². The molecule has 1 amide bonds. The Balaban J connectivity index is 1.41. The number of aliphatic hydroxyl groups excluding tert-OH is 1. The number of nitrogens with zero attached hydrogens (tertiary/aromatic N) is 3. The molecule has 1 saturated heterocycles. The summed E-state index contributed by atoms with van der Waals surface area (Å²) in [6.45, 7) is 1.86. The number of amides is 1. The molecule has 0 radical (unpaired) electrons. The van der Waals surface area contributed by atoms with Gasteiger partial charge in [-0.25, -0.2) is 4.98 Å². The molecule has 5 rings (SSSR count). The highest BCUT2D eigenvalue weighted by Crippen LogP contribution is 2.34. The fourth-order valence-corrected chi connectivity index (χ4v) is 5.17. The molecule has 1 aliphatic heterocycles. The molecular formula is C32H31ClF3N5O2. The fourth-order valence-electron chi connectivity index (χ4n) is 5.02. The molecule has 1 aliphatic rings. The lowest BCUT2D eigenvalue weighted by molar-refractivity contribution is -0.137. The quantitative estimate of drug-likeness (QED) is 0.141. The van der Waals surface area contributed by atoms with Gasteiger partial charge in [-0.3, -0.25) is 15.1 Å². The van der Waals surface area contributed by atoms with Gasteiger partial charge in [0.05, 0.1) is 28.5 Å². The van der Waals surface area contributed by atoms with E-state index >= 15 is 0 Å². The van der Waals surface area contributed by atoms with Gasteiger partial charge in [0.1, 0.15) is 11.9 Å². The van der Waals surface area contributed by atoms with Crippen LogP contribution in [-0.2, 0) is 18.6 Å². The third-order valence-electron chi connectivity index (χ3n) is 7.28. The van der Waals surface area contributed by atoms with E-state index in [9.17, 15) is 23.1 Å². The largest absolute Gasteiger partial charge is 0.416 e. The van der Waals surface area contributed by atoms with E-state index < -0.39 is 23.9 Å². The van der Waals surface area contributed by atoms with Crippen LogP contribution in [0.4, 0.5) is 24.5 Å². The summed E-state index contributed by atoms with van der Waals surface area (Å²) in [7, 11) is 0. The van der Waals surface area contributed by atoms with Crippen LogP contribution in [0.5, 0.6) is 0 Å². The predicted molar refractivity (Wildman–Crippen MR) is 161 cm³/mol. The first kappa shape index (κ1) is 30.5. The molecule has 2 aromatic carbocycles. The number of piperidine rings is 1. The minimum Gasteiger partial charge on any atom is -0.374 e. The molecule has 0 bridgehead atoms. The third-order valence-corrected chi connectivity index (χ3v) is 7.55. The van der Waals surface area contributed by atoms with E-state index in [4.69, 9.17) is 11.6 Å². The Bertz CT molecular complexity index is 1580. The van der Waals surface area contributed by atoms with E-state index in [0.717, 1.165) is 43.8 Å². The number of hydrogen-bond acceptors (Lipinski definition) is 6. The number of rotatable bonds is 9. The van der Waals surface area contributed by atoms with Gasteiger partial charge in [-0.05, 0) is 78.9 Å². The first-order valence-electron chi connectivity index (χ1n) is 14.0. The van der Waals surface area contributed by atoms with Crippen LogP contribution in [0.15, 0.2) is 79.0 Å². The molecule has 4 aromatic rings. The number of aliphatic hydroxyl groups is 1. The van der Waals surface area contributed by atoms with Gasteiger partial charge < -0.3 is 15.3 Å². The van der Waals surface area contributed by atoms with E-state index in [0.29, 0.717) is 33.8 Å². The van der Waals surface area contributed by atoms with E-state index in [-0.39, 0.29) is 18.1 Å². The second kappa shape index (κ2) is 13.5. The summed E-state index contributed by atoms with van der Waals surface area (Å²) in [5.74, 6) is -0.226. The van der Waals surface area contributed by atoms with Crippen LogP contribution >= 0.6 is 11.6 Å². The van der Waals surface area contributed by atoms with Crippen molar-refractivity contribution >= 4 is 28.9 Å². The summed E-state index contributed by atoms with van der Waals surface area (Å²) >= 11 is 5.90. The van der Waals surface area contributed by atoms with Crippen LogP contribution in [0.2, 0.25) is 0 Å². The van der Waals surface area contributed by atoms with E-state index in [2.05, 4.69) is 25.5 Å². The number of benzene rings is 2. The maximum absolute atomic E-state index is 13.2. The van der Waals surface area contributed by atoms with E-state index in [1.165, 1.54) is 12.5 Å². The van der Waals surface area contributed by atoms with Crippen molar-refractivity contribution in [2.24, 2.45) is 0 Å². The summed E-state index contributed by atoms with van der Waals surface area (Å²) in [6.07, 6.45) is -0.720. The van der Waals surface area contributed by atoms with Gasteiger partial charge in [-0.2, -0.15) is 13.2 Å². The summed E-state index contributed by atoms with van der Waals surface area (Å²) in [6, 6.07) is 19.1. The second-order valence-electron chi connectivity index (χ2n) is 10.3. The first-order valence-corrected chi connectivity index (χ1v) is 14.5. The molecule has 224 valence electrons. The van der Waals surface area contributed by atoms with Gasteiger partial charge in [-0.1, -0.05) is 24.3 Å². The van der Waals surface area contributed by atoms with Gasteiger partial charge in [0, 0.05) is 37.1 Å². The zero-order chi connectivity index (χ0) is 30.4. The average Bonchev–Trinajstić information content (AvgIpc) is 3.04. The molecule has 2 aromatic heterocycles. The van der Waals surface area contributed by atoms with Crippen LogP contribution in [0, 0.1) is 0 Å². The number of carbonyl (C=O) groups excluding carboxylic acids is 1. The average molecular weight is 610 g/mol. The molecule has 11 heteroatoms. The van der Waals surface area contributed by atoms with Crippen LogP contribution in [0.1, 0.15) is 58.4 Å². The third kappa shape index (κ3) is 7.70. The number of pyridine rings is 2. The number of halogens is 4. The maximum Gasteiger partial charge on any atom is 0.416 e. The molecule has 1 unspecified atom stereocenters. The molecule has 3 heterocycles. The van der Waals surface area contributed by atoms with Crippen LogP contribution in [-0.4, -0.2) is 34.1 Å². The topological polar surface area (TPSA) is 90.4 Å². The SMILES string of the molecule is O=C(Nc1ccc(N2CCCCC2)cc1-c1cc(C(O)NCc2cccc(C(F)(F)F)c2)ccn1)c1cccc(CCl)n1. The van der Waals surface area contributed by atoms with E-state index in [1.54, 1.807) is 42.6 Å². The van der Waals surface area contributed by atoms with Crippen molar-refractivity contribution in [3.63, 3.8) is 0 Å². The van der Waals surface area contributed by atoms with Crippen molar-refractivity contribution in [1.29, 1.82) is 0 Å². The number of hydrogen-bond donors (Lipinski definition) is 3. The second-order valence-corrected chi connectivity index (χ2v) is 10.6. The maximum atomic E-state index is 13.2. The highest BCUT2D eigenvalue weighted by Gasteiger charge is 2.30. The summed E-state index contributed by atoms with van der Waals surface area (Å²) in [5.41, 5.74) is 3.57. The Labute approximate surface area is 252 Å². The van der Waals surface area contributed by atoms with Crippen molar-refractivity contribution < 1.29 is 23.1 Å². The number of alkyl halides is 4. The van der Waals surface area contributed by atoms with Crippen LogP contribution in [0.25, 0.3) is 11.3 Å². The van der Waals surface area contributed by atoms with Gasteiger partial charge >= 0.3 is 6.18 Å². The van der Waals surface area contributed by atoms with Gasteiger partial charge in [-0.15, -0.1) is 11.6 Å². The van der Waals surface area contributed by atoms with Crippen molar-refractivity contribution in [2.45, 2.75) is 44.1 Å². The molecule has 1 atom stereocenters. The zero-order valence-corrected chi connectivity index (χ0v) is 24.0. The molecule has 0 saturated carbocycles. The highest BCUT2D eigenvalue weighted by molar-refractivity contribution is 6.17. The molecule has 43 heavy (non-hydrogen) atoms. The lowest BCUT2D eigenvalue weighted by Gasteiger charge is -2.29. The Morgan fingerprint density at radius 3 is 2.56 bits per heavy atom. The van der Waals surface area contributed by atoms with Crippen molar-refractivity contribution in [3.05, 3.63) is 107 Å². The summed E-state index contributed by atoms with van der Waals surface area (Å²) in [4.78, 5) is 24.3. The predicted octanol–water partition coefficient (Wildman–Crippen LogP) is 6.92. The fraction of sp³-hybridized carbons (Fsp3) is 0.281. The number of anilines is 2. The Morgan fingerprint density at radius 1 is 1.00 bits per heavy atom. The lowest BCUT2D eigenvalue weighted by Crippen LogP contribution is -2.29. The van der Waals surface area contributed by atoms with Crippen molar-refractivity contribution in [3.8, 4) is 11.3 Å². The van der Waals surface area contributed by atoms with Gasteiger partial charge in [0.15, 0.2) is 0 Å². The minimum atomic E-state index is -4.45. The monoisotopic (exact) mass is 609 g/mol. The lowest BCUT2D eigenvalue weighted by atomic mass is 10.0. The van der Waals surface area contributed by atoms with Crippen molar-refractivity contribution in [1.82, 2.24) is 15.3 Å².